The van der Waals surface area contributed by atoms with E-state index in [0.29, 0.717) is 0 Å². The van der Waals surface area contributed by atoms with Gasteiger partial charge in [-0.1, -0.05) is 176 Å². The zero-order chi connectivity index (χ0) is 35.8. The maximum atomic E-state index is 2.47. The third kappa shape index (κ3) is 5.65. The van der Waals surface area contributed by atoms with Crippen molar-refractivity contribution >= 4 is 59.3 Å². The second kappa shape index (κ2) is 13.7. The van der Waals surface area contributed by atoms with E-state index in [4.69, 9.17) is 0 Å². The molecule has 0 spiro atoms. The quantitative estimate of drug-likeness (QED) is 0.160. The summed E-state index contributed by atoms with van der Waals surface area (Å²) in [5.74, 6) is 0. The highest BCUT2D eigenvalue weighted by Gasteiger charge is 2.23. The van der Waals surface area contributed by atoms with E-state index < -0.39 is 0 Å². The Kier molecular flexibility index (Phi) is 8.09. The molecule has 0 bridgehead atoms. The van der Waals surface area contributed by atoms with Gasteiger partial charge in [0.1, 0.15) is 0 Å². The van der Waals surface area contributed by atoms with Crippen LogP contribution in [0.25, 0.3) is 75.5 Å². The van der Waals surface area contributed by atoms with Crippen LogP contribution < -0.4 is 4.90 Å². The number of fused-ring (bicyclic) bond motifs is 5. The van der Waals surface area contributed by atoms with E-state index in [0.717, 1.165) is 17.1 Å². The molecular weight excluding hydrogens is 671 g/mol. The standard InChI is InChI=1S/C52H35NS/c1-4-15-36(16-5-1)38-27-29-41(30-28-38)43-21-12-13-24-48(43)53(42-33-31-39(32-34-42)37-17-6-2-7-18-37)49-25-14-26-50-51(49)47-35-46(40-19-8-3-9-20-40)44-22-10-11-23-45(44)52(47)54-50/h1-35H. The molecule has 10 rings (SSSR count). The van der Waals surface area contributed by atoms with Gasteiger partial charge < -0.3 is 4.90 Å². The number of nitrogens with zero attached hydrogens (tertiary/aromatic N) is 1. The molecule has 2 heteroatoms. The van der Waals surface area contributed by atoms with Gasteiger partial charge in [0.15, 0.2) is 0 Å². The molecule has 10 aromatic rings. The number of para-hydroxylation sites is 1. The summed E-state index contributed by atoms with van der Waals surface area (Å²) in [6.45, 7) is 0. The van der Waals surface area contributed by atoms with Crippen molar-refractivity contribution in [2.75, 3.05) is 4.90 Å². The lowest BCUT2D eigenvalue weighted by Gasteiger charge is -2.29. The smallest absolute Gasteiger partial charge is 0.0555 e. The normalized spacial score (nSPS) is 11.3. The van der Waals surface area contributed by atoms with Crippen molar-refractivity contribution in [3.05, 3.63) is 212 Å². The van der Waals surface area contributed by atoms with Crippen LogP contribution in [0.3, 0.4) is 0 Å². The molecule has 1 heterocycles. The first-order valence-electron chi connectivity index (χ1n) is 18.4. The van der Waals surface area contributed by atoms with Crippen LogP contribution in [0.4, 0.5) is 17.1 Å². The summed E-state index contributed by atoms with van der Waals surface area (Å²) in [5.41, 5.74) is 13.1. The molecule has 0 amide bonds. The molecule has 0 N–H and O–H groups in total. The molecule has 0 aliphatic carbocycles. The lowest BCUT2D eigenvalue weighted by molar-refractivity contribution is 1.30. The van der Waals surface area contributed by atoms with Crippen LogP contribution in [0.5, 0.6) is 0 Å². The highest BCUT2D eigenvalue weighted by Crippen LogP contribution is 2.50. The highest BCUT2D eigenvalue weighted by molar-refractivity contribution is 7.26. The number of hydrogen-bond acceptors (Lipinski definition) is 2. The van der Waals surface area contributed by atoms with E-state index in [9.17, 15) is 0 Å². The zero-order valence-corrected chi connectivity index (χ0v) is 30.4. The Bertz CT molecular complexity index is 2890. The Hall–Kier alpha value is -6.74. The lowest BCUT2D eigenvalue weighted by Crippen LogP contribution is -2.11. The van der Waals surface area contributed by atoms with Gasteiger partial charge in [0.05, 0.1) is 11.4 Å². The number of benzene rings is 9. The van der Waals surface area contributed by atoms with Crippen molar-refractivity contribution < 1.29 is 0 Å². The fourth-order valence-electron chi connectivity index (χ4n) is 7.90. The van der Waals surface area contributed by atoms with Crippen molar-refractivity contribution in [3.63, 3.8) is 0 Å². The molecule has 1 nitrogen and oxygen atoms in total. The maximum Gasteiger partial charge on any atom is 0.0555 e. The summed E-state index contributed by atoms with van der Waals surface area (Å²) in [6.07, 6.45) is 0. The molecule has 1 aromatic heterocycles. The first-order valence-corrected chi connectivity index (χ1v) is 19.2. The van der Waals surface area contributed by atoms with Crippen molar-refractivity contribution in [2.45, 2.75) is 0 Å². The average Bonchev–Trinajstić information content (AvgIpc) is 3.65. The van der Waals surface area contributed by atoms with Crippen LogP contribution in [0.15, 0.2) is 212 Å². The Morgan fingerprint density at radius 1 is 0.315 bits per heavy atom. The Balaban J connectivity index is 1.22. The predicted molar refractivity (Wildman–Crippen MR) is 233 cm³/mol. The number of thiophene rings is 1. The van der Waals surface area contributed by atoms with Crippen molar-refractivity contribution in [1.82, 2.24) is 0 Å². The van der Waals surface area contributed by atoms with Crippen molar-refractivity contribution in [3.8, 4) is 44.5 Å². The van der Waals surface area contributed by atoms with Gasteiger partial charge >= 0.3 is 0 Å². The highest BCUT2D eigenvalue weighted by atomic mass is 32.1. The molecule has 0 saturated heterocycles. The van der Waals surface area contributed by atoms with Crippen LogP contribution in [-0.2, 0) is 0 Å². The number of anilines is 3. The van der Waals surface area contributed by atoms with Gasteiger partial charge in [0, 0.05) is 36.8 Å². The summed E-state index contributed by atoms with van der Waals surface area (Å²) in [4.78, 5) is 2.47. The van der Waals surface area contributed by atoms with E-state index in [1.54, 1.807) is 0 Å². The third-order valence-corrected chi connectivity index (χ3v) is 11.7. The van der Waals surface area contributed by atoms with Crippen LogP contribution in [0, 0.1) is 0 Å². The lowest BCUT2D eigenvalue weighted by atomic mass is 9.95. The summed E-state index contributed by atoms with van der Waals surface area (Å²) < 4.78 is 2.59. The summed E-state index contributed by atoms with van der Waals surface area (Å²) >= 11 is 1.89. The summed E-state index contributed by atoms with van der Waals surface area (Å²) in [6, 6.07) is 77.0. The molecule has 9 aromatic carbocycles. The molecule has 0 saturated carbocycles. The molecule has 0 aliphatic heterocycles. The van der Waals surface area contributed by atoms with Gasteiger partial charge in [-0.25, -0.2) is 0 Å². The minimum absolute atomic E-state index is 1.11. The molecule has 54 heavy (non-hydrogen) atoms. The molecular formula is C52H35NS. The van der Waals surface area contributed by atoms with Gasteiger partial charge in [-0.05, 0) is 80.7 Å². The van der Waals surface area contributed by atoms with E-state index in [1.165, 1.54) is 75.5 Å². The van der Waals surface area contributed by atoms with Gasteiger partial charge in [-0.15, -0.1) is 11.3 Å². The van der Waals surface area contributed by atoms with E-state index in [-0.39, 0.29) is 0 Å². The fraction of sp³-hybridized carbons (Fsp3) is 0. The van der Waals surface area contributed by atoms with E-state index >= 15 is 0 Å². The molecule has 0 fully saturated rings. The predicted octanol–water partition coefficient (Wildman–Crippen LogP) is 15.3. The first-order chi connectivity index (χ1) is 26.8. The first kappa shape index (κ1) is 32.0. The number of hydrogen-bond donors (Lipinski definition) is 0. The minimum atomic E-state index is 1.11. The Morgan fingerprint density at radius 2 is 0.796 bits per heavy atom. The molecule has 254 valence electrons. The topological polar surface area (TPSA) is 3.24 Å². The largest absolute Gasteiger partial charge is 0.309 e. The minimum Gasteiger partial charge on any atom is -0.309 e. The van der Waals surface area contributed by atoms with Crippen molar-refractivity contribution in [2.24, 2.45) is 0 Å². The zero-order valence-electron chi connectivity index (χ0n) is 29.6. The van der Waals surface area contributed by atoms with Gasteiger partial charge in [0.25, 0.3) is 0 Å². The maximum absolute atomic E-state index is 2.47. The molecule has 0 unspecified atom stereocenters. The van der Waals surface area contributed by atoms with E-state index in [1.807, 2.05) is 11.3 Å². The average molecular weight is 706 g/mol. The Labute approximate surface area is 319 Å². The van der Waals surface area contributed by atoms with Crippen LogP contribution >= 0.6 is 11.3 Å². The SMILES string of the molecule is c1ccc(-c2ccc(-c3ccccc3N(c3ccc(-c4ccccc4)cc3)c3cccc4sc5c6ccccc6c(-c6ccccc6)cc5c34)cc2)cc1. The van der Waals surface area contributed by atoms with Crippen molar-refractivity contribution in [1.29, 1.82) is 0 Å². The molecule has 0 radical (unpaired) electrons. The fourth-order valence-corrected chi connectivity index (χ4v) is 9.14. The van der Waals surface area contributed by atoms with Crippen LogP contribution in [-0.4, -0.2) is 0 Å². The van der Waals surface area contributed by atoms with Gasteiger partial charge in [-0.3, -0.25) is 0 Å². The monoisotopic (exact) mass is 705 g/mol. The van der Waals surface area contributed by atoms with Gasteiger partial charge in [-0.2, -0.15) is 0 Å². The second-order valence-corrected chi connectivity index (χ2v) is 14.7. The number of rotatable bonds is 7. The third-order valence-electron chi connectivity index (χ3n) is 10.5. The summed E-state index contributed by atoms with van der Waals surface area (Å²) in [5, 5.41) is 5.11. The Morgan fingerprint density at radius 3 is 1.46 bits per heavy atom. The van der Waals surface area contributed by atoms with Gasteiger partial charge in [0.2, 0.25) is 0 Å². The van der Waals surface area contributed by atoms with Crippen LogP contribution in [0.2, 0.25) is 0 Å². The molecule has 0 aliphatic rings. The van der Waals surface area contributed by atoms with Crippen LogP contribution in [0.1, 0.15) is 0 Å². The van der Waals surface area contributed by atoms with E-state index in [2.05, 4.69) is 217 Å². The molecule has 0 atom stereocenters. The second-order valence-electron chi connectivity index (χ2n) is 13.7. The summed E-state index contributed by atoms with van der Waals surface area (Å²) in [7, 11) is 0.